The molecule has 4 nitrogen and oxygen atoms in total. The molecule has 1 aliphatic heterocycles. The summed E-state index contributed by atoms with van der Waals surface area (Å²) in [4.78, 5) is 13.6. The summed E-state index contributed by atoms with van der Waals surface area (Å²) in [5.41, 5.74) is 2.60. The molecule has 0 bridgehead atoms. The van der Waals surface area contributed by atoms with Crippen molar-refractivity contribution >= 4 is 29.3 Å². The predicted octanol–water partition coefficient (Wildman–Crippen LogP) is 4.24. The van der Waals surface area contributed by atoms with Crippen molar-refractivity contribution in [1.82, 2.24) is 4.90 Å². The number of rotatable bonds is 3. The molecule has 0 spiro atoms. The summed E-state index contributed by atoms with van der Waals surface area (Å²) in [6.07, 6.45) is 5.21. The fraction of sp³-hybridized carbons (Fsp3) is 0.471. The van der Waals surface area contributed by atoms with Gasteiger partial charge in [0.1, 0.15) is 5.58 Å². The molecule has 1 N–H and O–H groups in total. The van der Waals surface area contributed by atoms with Crippen molar-refractivity contribution in [1.29, 1.82) is 0 Å². The maximum absolute atomic E-state index is 11.1. The summed E-state index contributed by atoms with van der Waals surface area (Å²) in [7, 11) is 0. The van der Waals surface area contributed by atoms with Gasteiger partial charge in [0.2, 0.25) is 5.76 Å². The van der Waals surface area contributed by atoms with Crippen LogP contribution in [0.25, 0.3) is 11.0 Å². The van der Waals surface area contributed by atoms with Crippen molar-refractivity contribution in [3.8, 4) is 0 Å². The van der Waals surface area contributed by atoms with Gasteiger partial charge in [0, 0.05) is 17.5 Å². The molecule has 0 atom stereocenters. The Balaban J connectivity index is 0.00000176. The van der Waals surface area contributed by atoms with Crippen LogP contribution in [0.5, 0.6) is 0 Å². The van der Waals surface area contributed by atoms with E-state index >= 15 is 0 Å². The summed E-state index contributed by atoms with van der Waals surface area (Å²) in [5, 5.41) is 10.0. The number of carboxylic acid groups (broad SMARTS) is 1. The van der Waals surface area contributed by atoms with Crippen LogP contribution in [0, 0.1) is 6.92 Å². The number of aromatic carboxylic acids is 1. The molecule has 0 amide bonds. The van der Waals surface area contributed by atoms with E-state index in [2.05, 4.69) is 11.0 Å². The number of carbonyl (C=O) groups is 1. The molecule has 22 heavy (non-hydrogen) atoms. The van der Waals surface area contributed by atoms with Gasteiger partial charge in [-0.3, -0.25) is 4.90 Å². The maximum Gasteiger partial charge on any atom is 0.372 e. The SMILES string of the molecule is Cc1c(C(=O)O)oc2ccc(CN3CCCCCC3)cc12.Cl. The summed E-state index contributed by atoms with van der Waals surface area (Å²) in [5.74, 6) is -0.949. The average Bonchev–Trinajstić information content (AvgIpc) is 2.64. The molecule has 1 fully saturated rings. The second kappa shape index (κ2) is 7.16. The second-order valence-corrected chi connectivity index (χ2v) is 5.88. The van der Waals surface area contributed by atoms with Crippen LogP contribution in [0.2, 0.25) is 0 Å². The first-order chi connectivity index (χ1) is 10.1. The highest BCUT2D eigenvalue weighted by molar-refractivity contribution is 5.95. The van der Waals surface area contributed by atoms with Crippen molar-refractivity contribution in [2.45, 2.75) is 39.2 Å². The van der Waals surface area contributed by atoms with E-state index in [1.165, 1.54) is 31.2 Å². The molecule has 0 aliphatic carbocycles. The Kier molecular flexibility index (Phi) is 5.48. The largest absolute Gasteiger partial charge is 0.475 e. The Morgan fingerprint density at radius 3 is 2.55 bits per heavy atom. The lowest BCUT2D eigenvalue weighted by atomic mass is 10.1. The molecule has 3 rings (SSSR count). The Morgan fingerprint density at radius 1 is 1.23 bits per heavy atom. The Morgan fingerprint density at radius 2 is 1.91 bits per heavy atom. The van der Waals surface area contributed by atoms with Gasteiger partial charge in [0.15, 0.2) is 0 Å². The number of likely N-dealkylation sites (tertiary alicyclic amines) is 1. The topological polar surface area (TPSA) is 53.7 Å². The van der Waals surface area contributed by atoms with E-state index in [-0.39, 0.29) is 18.2 Å². The van der Waals surface area contributed by atoms with Crippen LogP contribution in [-0.2, 0) is 6.54 Å². The van der Waals surface area contributed by atoms with Gasteiger partial charge in [-0.1, -0.05) is 18.9 Å². The molecule has 1 saturated heterocycles. The minimum atomic E-state index is -1.00. The van der Waals surface area contributed by atoms with Gasteiger partial charge in [0.05, 0.1) is 0 Å². The van der Waals surface area contributed by atoms with E-state index in [9.17, 15) is 4.79 Å². The van der Waals surface area contributed by atoms with E-state index in [1.807, 2.05) is 19.1 Å². The predicted molar refractivity (Wildman–Crippen MR) is 88.9 cm³/mol. The molecule has 2 heterocycles. The summed E-state index contributed by atoms with van der Waals surface area (Å²) in [6.45, 7) is 5.06. The number of aryl methyl sites for hydroxylation is 1. The first-order valence-corrected chi connectivity index (χ1v) is 7.63. The lowest BCUT2D eigenvalue weighted by Gasteiger charge is -2.19. The van der Waals surface area contributed by atoms with Crippen molar-refractivity contribution in [2.24, 2.45) is 0 Å². The van der Waals surface area contributed by atoms with Crippen molar-refractivity contribution in [2.75, 3.05) is 13.1 Å². The number of nitrogens with zero attached hydrogens (tertiary/aromatic N) is 1. The number of hydrogen-bond acceptors (Lipinski definition) is 3. The third kappa shape index (κ3) is 3.45. The van der Waals surface area contributed by atoms with Crippen LogP contribution in [-0.4, -0.2) is 29.1 Å². The zero-order chi connectivity index (χ0) is 14.8. The fourth-order valence-corrected chi connectivity index (χ4v) is 3.12. The number of fused-ring (bicyclic) bond motifs is 1. The molecule has 2 aromatic rings. The lowest BCUT2D eigenvalue weighted by Crippen LogP contribution is -2.23. The van der Waals surface area contributed by atoms with E-state index in [0.717, 1.165) is 30.6 Å². The molecule has 1 aliphatic rings. The lowest BCUT2D eigenvalue weighted by molar-refractivity contribution is 0.0664. The smallest absolute Gasteiger partial charge is 0.372 e. The maximum atomic E-state index is 11.1. The highest BCUT2D eigenvalue weighted by atomic mass is 35.5. The molecular weight excluding hydrogens is 302 g/mol. The van der Waals surface area contributed by atoms with Crippen LogP contribution >= 0.6 is 12.4 Å². The van der Waals surface area contributed by atoms with Crippen LogP contribution in [0.4, 0.5) is 0 Å². The standard InChI is InChI=1S/C17H21NO3.ClH/c1-12-14-10-13(11-18-8-4-2-3-5-9-18)6-7-15(14)21-16(12)17(19)20;/h6-7,10H,2-5,8-9,11H2,1H3,(H,19,20);1H. The van der Waals surface area contributed by atoms with Crippen molar-refractivity contribution in [3.05, 3.63) is 35.1 Å². The molecule has 1 aromatic carbocycles. The van der Waals surface area contributed by atoms with Gasteiger partial charge in [-0.25, -0.2) is 4.79 Å². The molecule has 1 aromatic heterocycles. The second-order valence-electron chi connectivity index (χ2n) is 5.88. The average molecular weight is 324 g/mol. The quantitative estimate of drug-likeness (QED) is 0.918. The van der Waals surface area contributed by atoms with Crippen LogP contribution in [0.3, 0.4) is 0 Å². The van der Waals surface area contributed by atoms with Gasteiger partial charge in [-0.05, 0) is 50.6 Å². The van der Waals surface area contributed by atoms with Crippen LogP contribution < -0.4 is 0 Å². The zero-order valence-corrected chi connectivity index (χ0v) is 13.6. The highest BCUT2D eigenvalue weighted by Crippen LogP contribution is 2.27. The minimum absolute atomic E-state index is 0. The summed E-state index contributed by atoms with van der Waals surface area (Å²) < 4.78 is 5.41. The third-order valence-electron chi connectivity index (χ3n) is 4.30. The van der Waals surface area contributed by atoms with Gasteiger partial charge < -0.3 is 9.52 Å². The highest BCUT2D eigenvalue weighted by Gasteiger charge is 2.17. The van der Waals surface area contributed by atoms with E-state index in [4.69, 9.17) is 9.52 Å². The van der Waals surface area contributed by atoms with E-state index < -0.39 is 5.97 Å². The Bertz CT molecular complexity index is 657. The first-order valence-electron chi connectivity index (χ1n) is 7.63. The molecule has 120 valence electrons. The van der Waals surface area contributed by atoms with Gasteiger partial charge >= 0.3 is 5.97 Å². The van der Waals surface area contributed by atoms with Crippen molar-refractivity contribution in [3.63, 3.8) is 0 Å². The zero-order valence-electron chi connectivity index (χ0n) is 12.8. The third-order valence-corrected chi connectivity index (χ3v) is 4.30. The number of carboxylic acids is 1. The van der Waals surface area contributed by atoms with Crippen LogP contribution in [0.15, 0.2) is 22.6 Å². The molecular formula is C17H22ClNO3. The Labute approximate surface area is 136 Å². The van der Waals surface area contributed by atoms with E-state index in [0.29, 0.717) is 5.58 Å². The molecule has 0 saturated carbocycles. The number of halogens is 1. The number of hydrogen-bond donors (Lipinski definition) is 1. The molecule has 0 radical (unpaired) electrons. The van der Waals surface area contributed by atoms with E-state index in [1.54, 1.807) is 0 Å². The molecule has 5 heteroatoms. The number of furan rings is 1. The normalized spacial score (nSPS) is 16.2. The minimum Gasteiger partial charge on any atom is -0.475 e. The van der Waals surface area contributed by atoms with Gasteiger partial charge in [0.25, 0.3) is 0 Å². The van der Waals surface area contributed by atoms with Gasteiger partial charge in [-0.15, -0.1) is 12.4 Å². The van der Waals surface area contributed by atoms with Gasteiger partial charge in [-0.2, -0.15) is 0 Å². The first kappa shape index (κ1) is 16.8. The Hall–Kier alpha value is -1.52. The van der Waals surface area contributed by atoms with Crippen molar-refractivity contribution < 1.29 is 14.3 Å². The fourth-order valence-electron chi connectivity index (χ4n) is 3.12. The monoisotopic (exact) mass is 323 g/mol. The summed E-state index contributed by atoms with van der Waals surface area (Å²) in [6, 6.07) is 6.01. The summed E-state index contributed by atoms with van der Waals surface area (Å²) >= 11 is 0. The number of benzene rings is 1. The molecule has 0 unspecified atom stereocenters. The van der Waals surface area contributed by atoms with Crippen LogP contribution in [0.1, 0.15) is 47.4 Å².